The predicted molar refractivity (Wildman–Crippen MR) is 116 cm³/mol. The Hall–Kier alpha value is -1.84. The van der Waals surface area contributed by atoms with Crippen LogP contribution in [0.3, 0.4) is 0 Å². The first-order valence-corrected chi connectivity index (χ1v) is 8.49. The highest BCUT2D eigenvalue weighted by Gasteiger charge is 2.09. The van der Waals surface area contributed by atoms with Gasteiger partial charge >= 0.3 is 0 Å². The molecule has 0 spiro atoms. The van der Waals surface area contributed by atoms with Crippen molar-refractivity contribution in [1.82, 2.24) is 4.90 Å². The molecule has 140 valence electrons. The van der Waals surface area contributed by atoms with Crippen molar-refractivity contribution < 1.29 is 9.47 Å². The number of nitrogens with one attached hydrogen (secondary N) is 1. The molecule has 7 heteroatoms. The van der Waals surface area contributed by atoms with Crippen LogP contribution in [0.2, 0.25) is 0 Å². The van der Waals surface area contributed by atoms with Gasteiger partial charge in [0.25, 0.3) is 0 Å². The van der Waals surface area contributed by atoms with Crippen molar-refractivity contribution in [2.24, 2.45) is 10.7 Å². The maximum atomic E-state index is 5.98. The molecular weight excluding hydrogens is 443 g/mol. The predicted octanol–water partition coefficient (Wildman–Crippen LogP) is 3.16. The minimum absolute atomic E-state index is 0. The van der Waals surface area contributed by atoms with Crippen LogP contribution in [-0.2, 0) is 4.74 Å². The quantitative estimate of drug-likeness (QED) is 0.387. The number of nitrogens with two attached hydrogens (primary N) is 1. The van der Waals surface area contributed by atoms with E-state index in [1.54, 1.807) is 0 Å². The molecule has 0 saturated carbocycles. The van der Waals surface area contributed by atoms with Crippen LogP contribution >= 0.6 is 24.0 Å². The van der Waals surface area contributed by atoms with Gasteiger partial charge in [-0.05, 0) is 24.3 Å². The molecule has 0 aromatic heterocycles. The summed E-state index contributed by atoms with van der Waals surface area (Å²) in [7, 11) is 0. The van der Waals surface area contributed by atoms with E-state index < -0.39 is 0 Å². The van der Waals surface area contributed by atoms with E-state index in [-0.39, 0.29) is 24.0 Å². The zero-order valence-corrected chi connectivity index (χ0v) is 17.0. The van der Waals surface area contributed by atoms with Crippen LogP contribution < -0.4 is 15.8 Å². The Bertz CT molecular complexity index is 691. The third-order valence-corrected chi connectivity index (χ3v) is 3.89. The van der Waals surface area contributed by atoms with E-state index in [9.17, 15) is 0 Å². The van der Waals surface area contributed by atoms with Crippen LogP contribution in [0.1, 0.15) is 0 Å². The fourth-order valence-electron chi connectivity index (χ4n) is 2.59. The molecule has 0 aliphatic carbocycles. The molecule has 1 fully saturated rings. The molecule has 0 unspecified atom stereocenters. The Labute approximate surface area is 171 Å². The van der Waals surface area contributed by atoms with E-state index in [2.05, 4.69) is 15.2 Å². The summed E-state index contributed by atoms with van der Waals surface area (Å²) in [6, 6.07) is 17.3. The van der Waals surface area contributed by atoms with E-state index in [0.717, 1.165) is 50.0 Å². The average molecular weight is 468 g/mol. The first-order chi connectivity index (χ1) is 12.3. The minimum Gasteiger partial charge on any atom is -0.457 e. The Kier molecular flexibility index (Phi) is 8.66. The molecule has 0 atom stereocenters. The lowest BCUT2D eigenvalue weighted by Gasteiger charge is -2.25. The van der Waals surface area contributed by atoms with E-state index >= 15 is 0 Å². The number of nitrogens with zero attached hydrogens (tertiary/aromatic N) is 2. The second kappa shape index (κ2) is 11.0. The number of para-hydroxylation sites is 1. The number of ether oxygens (including phenoxy) is 2. The van der Waals surface area contributed by atoms with E-state index in [1.165, 1.54) is 0 Å². The topological polar surface area (TPSA) is 72.1 Å². The summed E-state index contributed by atoms with van der Waals surface area (Å²) in [6.07, 6.45) is 0. The van der Waals surface area contributed by atoms with E-state index in [1.807, 2.05) is 54.6 Å². The highest BCUT2D eigenvalue weighted by Crippen LogP contribution is 2.23. The van der Waals surface area contributed by atoms with Gasteiger partial charge in [0.15, 0.2) is 5.96 Å². The molecule has 1 aliphatic heterocycles. The second-order valence-corrected chi connectivity index (χ2v) is 5.79. The number of guanidine groups is 1. The van der Waals surface area contributed by atoms with Gasteiger partial charge in [-0.3, -0.25) is 9.89 Å². The molecule has 26 heavy (non-hydrogen) atoms. The molecule has 0 bridgehead atoms. The minimum atomic E-state index is 0. The summed E-state index contributed by atoms with van der Waals surface area (Å²) >= 11 is 0. The molecular formula is C19H25IN4O2. The Balaban J connectivity index is 0.00000243. The molecule has 1 heterocycles. The number of benzene rings is 2. The third kappa shape index (κ3) is 6.81. The van der Waals surface area contributed by atoms with Gasteiger partial charge in [-0.1, -0.05) is 24.3 Å². The molecule has 2 aromatic rings. The molecule has 0 amide bonds. The molecule has 3 rings (SSSR count). The average Bonchev–Trinajstić information content (AvgIpc) is 2.64. The largest absolute Gasteiger partial charge is 0.457 e. The van der Waals surface area contributed by atoms with Crippen LogP contribution in [0.15, 0.2) is 59.6 Å². The number of aliphatic imine (C=N–C) groups is 1. The summed E-state index contributed by atoms with van der Waals surface area (Å²) in [6.45, 7) is 5.07. The smallest absolute Gasteiger partial charge is 0.193 e. The lowest BCUT2D eigenvalue weighted by molar-refractivity contribution is 0.0394. The highest BCUT2D eigenvalue weighted by molar-refractivity contribution is 14.0. The number of rotatable bonds is 6. The van der Waals surface area contributed by atoms with Crippen molar-refractivity contribution in [3.05, 3.63) is 54.6 Å². The fourth-order valence-corrected chi connectivity index (χ4v) is 2.59. The summed E-state index contributed by atoms with van der Waals surface area (Å²) < 4.78 is 11.2. The molecule has 6 nitrogen and oxygen atoms in total. The molecule has 2 aromatic carbocycles. The van der Waals surface area contributed by atoms with Crippen molar-refractivity contribution in [3.8, 4) is 11.5 Å². The SMILES string of the molecule is I.NC(=NCCN1CCOCC1)Nc1cccc(Oc2ccccc2)c1. The summed E-state index contributed by atoms with van der Waals surface area (Å²) in [5.74, 6) is 1.95. The maximum absolute atomic E-state index is 5.98. The summed E-state index contributed by atoms with van der Waals surface area (Å²) in [4.78, 5) is 6.72. The molecule has 1 saturated heterocycles. The van der Waals surface area contributed by atoms with Crippen LogP contribution in [0.25, 0.3) is 0 Å². The molecule has 1 aliphatic rings. The van der Waals surface area contributed by atoms with Gasteiger partial charge in [0.2, 0.25) is 0 Å². The van der Waals surface area contributed by atoms with Gasteiger partial charge in [-0.2, -0.15) is 0 Å². The van der Waals surface area contributed by atoms with Gasteiger partial charge in [-0.25, -0.2) is 0 Å². The van der Waals surface area contributed by atoms with Gasteiger partial charge in [0.1, 0.15) is 11.5 Å². The zero-order valence-electron chi connectivity index (χ0n) is 14.6. The Morgan fingerprint density at radius 1 is 1.08 bits per heavy atom. The van der Waals surface area contributed by atoms with Crippen molar-refractivity contribution in [3.63, 3.8) is 0 Å². The van der Waals surface area contributed by atoms with Crippen LogP contribution in [0.5, 0.6) is 11.5 Å². The summed E-state index contributed by atoms with van der Waals surface area (Å²) in [5.41, 5.74) is 6.83. The molecule has 0 radical (unpaired) electrons. The fraction of sp³-hybridized carbons (Fsp3) is 0.316. The number of hydrogen-bond acceptors (Lipinski definition) is 4. The Morgan fingerprint density at radius 2 is 1.81 bits per heavy atom. The van der Waals surface area contributed by atoms with E-state index in [0.29, 0.717) is 12.5 Å². The highest BCUT2D eigenvalue weighted by atomic mass is 127. The zero-order chi connectivity index (χ0) is 17.3. The lowest BCUT2D eigenvalue weighted by atomic mass is 10.3. The number of halogens is 1. The van der Waals surface area contributed by atoms with Gasteiger partial charge < -0.3 is 20.5 Å². The number of morpholine rings is 1. The third-order valence-electron chi connectivity index (χ3n) is 3.89. The summed E-state index contributed by atoms with van der Waals surface area (Å²) in [5, 5.41) is 3.11. The Morgan fingerprint density at radius 3 is 2.58 bits per heavy atom. The van der Waals surface area contributed by atoms with Crippen molar-refractivity contribution in [2.75, 3.05) is 44.7 Å². The first kappa shape index (κ1) is 20.5. The molecule has 3 N–H and O–H groups in total. The van der Waals surface area contributed by atoms with Crippen LogP contribution in [0, 0.1) is 0 Å². The first-order valence-electron chi connectivity index (χ1n) is 8.49. The van der Waals surface area contributed by atoms with Crippen molar-refractivity contribution in [2.45, 2.75) is 0 Å². The van der Waals surface area contributed by atoms with Gasteiger partial charge in [0.05, 0.1) is 19.8 Å². The second-order valence-electron chi connectivity index (χ2n) is 5.79. The monoisotopic (exact) mass is 468 g/mol. The van der Waals surface area contributed by atoms with Crippen molar-refractivity contribution in [1.29, 1.82) is 0 Å². The van der Waals surface area contributed by atoms with Crippen LogP contribution in [-0.4, -0.2) is 50.3 Å². The number of hydrogen-bond donors (Lipinski definition) is 2. The van der Waals surface area contributed by atoms with E-state index in [4.69, 9.17) is 15.2 Å². The van der Waals surface area contributed by atoms with Gasteiger partial charge in [0, 0.05) is 31.4 Å². The number of anilines is 1. The standard InChI is InChI=1S/C19H24N4O2.HI/c20-19(21-9-10-23-11-13-24-14-12-23)22-16-5-4-8-18(15-16)25-17-6-2-1-3-7-17;/h1-8,15H,9-14H2,(H3,20,21,22);1H. The van der Waals surface area contributed by atoms with Crippen LogP contribution in [0.4, 0.5) is 5.69 Å². The van der Waals surface area contributed by atoms with Gasteiger partial charge in [-0.15, -0.1) is 24.0 Å². The normalized spacial score (nSPS) is 15.2. The van der Waals surface area contributed by atoms with Crippen molar-refractivity contribution >= 4 is 35.6 Å². The maximum Gasteiger partial charge on any atom is 0.193 e. The lowest BCUT2D eigenvalue weighted by Crippen LogP contribution is -2.38.